The Bertz CT molecular complexity index is 606. The second-order valence-corrected chi connectivity index (χ2v) is 4.98. The highest BCUT2D eigenvalue weighted by Crippen LogP contribution is 2.18. The summed E-state index contributed by atoms with van der Waals surface area (Å²) in [5.74, 6) is 0.104. The maximum atomic E-state index is 12.6. The van der Waals surface area contributed by atoms with Gasteiger partial charge >= 0.3 is 0 Å². The lowest BCUT2D eigenvalue weighted by atomic mass is 10.1. The second kappa shape index (κ2) is 4.97. The van der Waals surface area contributed by atoms with E-state index in [2.05, 4.69) is 17.2 Å². The first-order valence-electron chi connectivity index (χ1n) is 6.62. The number of piperazine rings is 1. The topological polar surface area (TPSA) is 45.2 Å². The van der Waals surface area contributed by atoms with Crippen molar-refractivity contribution in [3.63, 3.8) is 0 Å². The Labute approximate surface area is 112 Å². The highest BCUT2D eigenvalue weighted by Gasteiger charge is 2.22. The number of rotatable bonds is 1. The normalized spacial score (nSPS) is 19.6. The summed E-state index contributed by atoms with van der Waals surface area (Å²) in [6.07, 6.45) is 1.71. The standard InChI is InChI=1S/C15H17N3O/c1-11-10-18(9-8-16-11)15(19)13-6-7-17-14-5-3-2-4-12(13)14/h2-7,11,16H,8-10H2,1H3/t11-/m0/s1. The zero-order valence-corrected chi connectivity index (χ0v) is 11.0. The molecule has 19 heavy (non-hydrogen) atoms. The number of benzene rings is 1. The lowest BCUT2D eigenvalue weighted by Gasteiger charge is -2.32. The molecule has 0 saturated carbocycles. The first-order chi connectivity index (χ1) is 9.25. The van der Waals surface area contributed by atoms with Crippen LogP contribution in [0.25, 0.3) is 10.9 Å². The average molecular weight is 255 g/mol. The van der Waals surface area contributed by atoms with Gasteiger partial charge in [-0.2, -0.15) is 0 Å². The third kappa shape index (κ3) is 2.31. The Morgan fingerprint density at radius 1 is 1.37 bits per heavy atom. The molecule has 0 radical (unpaired) electrons. The van der Waals surface area contributed by atoms with E-state index in [9.17, 15) is 4.79 Å². The molecule has 4 heteroatoms. The fourth-order valence-corrected chi connectivity index (χ4v) is 2.57. The van der Waals surface area contributed by atoms with E-state index in [1.54, 1.807) is 6.20 Å². The van der Waals surface area contributed by atoms with Crippen molar-refractivity contribution in [1.82, 2.24) is 15.2 Å². The fourth-order valence-electron chi connectivity index (χ4n) is 2.57. The first kappa shape index (κ1) is 12.1. The van der Waals surface area contributed by atoms with Gasteiger partial charge < -0.3 is 10.2 Å². The number of hydrogen-bond donors (Lipinski definition) is 1. The molecule has 1 amide bonds. The molecule has 2 heterocycles. The van der Waals surface area contributed by atoms with E-state index in [4.69, 9.17) is 0 Å². The number of fused-ring (bicyclic) bond motifs is 1. The van der Waals surface area contributed by atoms with Crippen molar-refractivity contribution in [2.45, 2.75) is 13.0 Å². The molecule has 1 N–H and O–H groups in total. The molecule has 1 aromatic carbocycles. The van der Waals surface area contributed by atoms with Gasteiger partial charge in [-0.3, -0.25) is 9.78 Å². The summed E-state index contributed by atoms with van der Waals surface area (Å²) in [5.41, 5.74) is 1.62. The molecular formula is C15H17N3O. The summed E-state index contributed by atoms with van der Waals surface area (Å²) in [7, 11) is 0. The third-order valence-corrected chi connectivity index (χ3v) is 3.54. The molecule has 3 rings (SSSR count). The van der Waals surface area contributed by atoms with Crippen molar-refractivity contribution in [2.24, 2.45) is 0 Å². The summed E-state index contributed by atoms with van der Waals surface area (Å²) < 4.78 is 0. The molecule has 0 unspecified atom stereocenters. The molecule has 1 aliphatic heterocycles. The summed E-state index contributed by atoms with van der Waals surface area (Å²) in [6, 6.07) is 9.95. The van der Waals surface area contributed by atoms with Crippen molar-refractivity contribution < 1.29 is 4.79 Å². The predicted molar refractivity (Wildman–Crippen MR) is 75.1 cm³/mol. The van der Waals surface area contributed by atoms with Gasteiger partial charge in [0.1, 0.15) is 0 Å². The van der Waals surface area contributed by atoms with Crippen LogP contribution in [0.2, 0.25) is 0 Å². The third-order valence-electron chi connectivity index (χ3n) is 3.54. The number of carbonyl (C=O) groups is 1. The van der Waals surface area contributed by atoms with Crippen molar-refractivity contribution in [1.29, 1.82) is 0 Å². The quantitative estimate of drug-likeness (QED) is 0.843. The molecule has 1 aromatic heterocycles. The molecule has 1 atom stereocenters. The Morgan fingerprint density at radius 2 is 2.21 bits per heavy atom. The van der Waals surface area contributed by atoms with Gasteiger partial charge in [-0.05, 0) is 19.1 Å². The van der Waals surface area contributed by atoms with E-state index in [1.807, 2.05) is 35.2 Å². The average Bonchev–Trinajstić information content (AvgIpc) is 2.46. The number of nitrogens with one attached hydrogen (secondary N) is 1. The van der Waals surface area contributed by atoms with Gasteiger partial charge in [0, 0.05) is 37.3 Å². The van der Waals surface area contributed by atoms with Gasteiger partial charge in [0.05, 0.1) is 11.1 Å². The number of aromatic nitrogens is 1. The van der Waals surface area contributed by atoms with Crippen LogP contribution in [0.5, 0.6) is 0 Å². The highest BCUT2D eigenvalue weighted by molar-refractivity contribution is 6.06. The SMILES string of the molecule is C[C@H]1CN(C(=O)c2ccnc3ccccc23)CCN1. The van der Waals surface area contributed by atoms with Gasteiger partial charge in [0.15, 0.2) is 0 Å². The van der Waals surface area contributed by atoms with Crippen LogP contribution in [0.3, 0.4) is 0 Å². The van der Waals surface area contributed by atoms with Crippen molar-refractivity contribution >= 4 is 16.8 Å². The second-order valence-electron chi connectivity index (χ2n) is 4.98. The van der Waals surface area contributed by atoms with Gasteiger partial charge in [-0.1, -0.05) is 18.2 Å². The number of amides is 1. The Hall–Kier alpha value is -1.94. The maximum absolute atomic E-state index is 12.6. The van der Waals surface area contributed by atoms with Crippen LogP contribution in [0.1, 0.15) is 17.3 Å². The molecule has 0 spiro atoms. The molecular weight excluding hydrogens is 238 g/mol. The lowest BCUT2D eigenvalue weighted by Crippen LogP contribution is -2.51. The molecule has 4 nitrogen and oxygen atoms in total. The largest absolute Gasteiger partial charge is 0.336 e. The summed E-state index contributed by atoms with van der Waals surface area (Å²) >= 11 is 0. The van der Waals surface area contributed by atoms with Crippen LogP contribution >= 0.6 is 0 Å². The lowest BCUT2D eigenvalue weighted by molar-refractivity contribution is 0.0711. The molecule has 0 aliphatic carbocycles. The van der Waals surface area contributed by atoms with Gasteiger partial charge in [0.2, 0.25) is 0 Å². The number of carbonyl (C=O) groups excluding carboxylic acids is 1. The van der Waals surface area contributed by atoms with Crippen molar-refractivity contribution in [3.05, 3.63) is 42.1 Å². The minimum absolute atomic E-state index is 0.104. The van der Waals surface area contributed by atoms with Crippen LogP contribution < -0.4 is 5.32 Å². The fraction of sp³-hybridized carbons (Fsp3) is 0.333. The summed E-state index contributed by atoms with van der Waals surface area (Å²) in [6.45, 7) is 4.48. The molecule has 1 fully saturated rings. The van der Waals surface area contributed by atoms with Gasteiger partial charge in [0.25, 0.3) is 5.91 Å². The zero-order valence-electron chi connectivity index (χ0n) is 11.0. The predicted octanol–water partition coefficient (Wildman–Crippen LogP) is 1.67. The minimum Gasteiger partial charge on any atom is -0.336 e. The van der Waals surface area contributed by atoms with E-state index in [-0.39, 0.29) is 5.91 Å². The monoisotopic (exact) mass is 255 g/mol. The van der Waals surface area contributed by atoms with E-state index in [1.165, 1.54) is 0 Å². The van der Waals surface area contributed by atoms with E-state index in [0.717, 1.165) is 36.1 Å². The van der Waals surface area contributed by atoms with Crippen LogP contribution in [-0.4, -0.2) is 41.5 Å². The summed E-state index contributed by atoms with van der Waals surface area (Å²) in [5, 5.41) is 4.28. The highest BCUT2D eigenvalue weighted by atomic mass is 16.2. The van der Waals surface area contributed by atoms with Crippen LogP contribution in [0.15, 0.2) is 36.5 Å². The smallest absolute Gasteiger partial charge is 0.254 e. The Morgan fingerprint density at radius 3 is 3.05 bits per heavy atom. The van der Waals surface area contributed by atoms with Crippen LogP contribution in [0, 0.1) is 0 Å². The zero-order chi connectivity index (χ0) is 13.2. The molecule has 0 bridgehead atoms. The van der Waals surface area contributed by atoms with Crippen molar-refractivity contribution in [3.8, 4) is 0 Å². The Kier molecular flexibility index (Phi) is 3.17. The molecule has 2 aromatic rings. The van der Waals surface area contributed by atoms with Crippen molar-refractivity contribution in [2.75, 3.05) is 19.6 Å². The first-order valence-corrected chi connectivity index (χ1v) is 6.62. The number of para-hydroxylation sites is 1. The van der Waals surface area contributed by atoms with E-state index >= 15 is 0 Å². The Balaban J connectivity index is 1.97. The number of pyridine rings is 1. The van der Waals surface area contributed by atoms with Gasteiger partial charge in [-0.25, -0.2) is 0 Å². The maximum Gasteiger partial charge on any atom is 0.254 e. The van der Waals surface area contributed by atoms with Crippen LogP contribution in [0.4, 0.5) is 0 Å². The molecule has 1 aliphatic rings. The number of nitrogens with zero attached hydrogens (tertiary/aromatic N) is 2. The minimum atomic E-state index is 0.104. The molecule has 1 saturated heterocycles. The molecule has 98 valence electrons. The van der Waals surface area contributed by atoms with E-state index in [0.29, 0.717) is 6.04 Å². The summed E-state index contributed by atoms with van der Waals surface area (Å²) in [4.78, 5) is 18.9. The number of hydrogen-bond acceptors (Lipinski definition) is 3. The van der Waals surface area contributed by atoms with Crippen LogP contribution in [-0.2, 0) is 0 Å². The van der Waals surface area contributed by atoms with Gasteiger partial charge in [-0.15, -0.1) is 0 Å². The van der Waals surface area contributed by atoms with E-state index < -0.39 is 0 Å².